The number of benzene rings is 3. The molecular formula is C23H19N3O5S2. The van der Waals surface area contributed by atoms with Crippen molar-refractivity contribution < 1.29 is 22.7 Å². The first-order chi connectivity index (χ1) is 15.7. The standard InChI is InChI=1S/C23H19N3O5S2/c1-33(29,30)15-10-11-19-20(12-15)32-23(25-19)26-22(28)17-9-5-8-16(21(24)27)18(17)13-31-14-6-3-2-4-7-14/h2-12H,13H2,1H3,(H2,24,27)(H,25,26,28). The molecule has 0 saturated carbocycles. The summed E-state index contributed by atoms with van der Waals surface area (Å²) >= 11 is 1.15. The molecule has 0 aliphatic carbocycles. The van der Waals surface area contributed by atoms with Crippen LogP contribution in [0.4, 0.5) is 5.13 Å². The maximum absolute atomic E-state index is 13.1. The van der Waals surface area contributed by atoms with E-state index in [0.29, 0.717) is 26.7 Å². The minimum absolute atomic E-state index is 0.0382. The number of carbonyl (C=O) groups excluding carboxylic acids is 2. The SMILES string of the molecule is CS(=O)(=O)c1ccc2nc(NC(=O)c3cccc(C(N)=O)c3COc3ccccc3)sc2c1. The zero-order valence-electron chi connectivity index (χ0n) is 17.4. The van der Waals surface area contributed by atoms with Gasteiger partial charge in [0.2, 0.25) is 5.91 Å². The van der Waals surface area contributed by atoms with Gasteiger partial charge in [0.25, 0.3) is 5.91 Å². The normalized spacial score (nSPS) is 11.3. The maximum Gasteiger partial charge on any atom is 0.257 e. The third-order valence-corrected chi connectivity index (χ3v) is 6.86. The van der Waals surface area contributed by atoms with Crippen molar-refractivity contribution in [2.45, 2.75) is 11.5 Å². The molecule has 1 aromatic heterocycles. The van der Waals surface area contributed by atoms with E-state index >= 15 is 0 Å². The summed E-state index contributed by atoms with van der Waals surface area (Å²) in [6.07, 6.45) is 1.13. The third-order valence-electron chi connectivity index (χ3n) is 4.82. The Morgan fingerprint density at radius 3 is 2.45 bits per heavy atom. The Hall–Kier alpha value is -3.76. The van der Waals surface area contributed by atoms with E-state index in [1.807, 2.05) is 18.2 Å². The van der Waals surface area contributed by atoms with Gasteiger partial charge in [0.15, 0.2) is 15.0 Å². The fourth-order valence-corrected chi connectivity index (χ4v) is 4.83. The molecule has 2 amide bonds. The Labute approximate surface area is 193 Å². The van der Waals surface area contributed by atoms with Gasteiger partial charge < -0.3 is 10.5 Å². The molecule has 0 unspecified atom stereocenters. The third kappa shape index (κ3) is 5.02. The lowest BCUT2D eigenvalue weighted by molar-refractivity contribution is 0.0997. The molecule has 0 aliphatic heterocycles. The highest BCUT2D eigenvalue weighted by Gasteiger charge is 2.20. The van der Waals surface area contributed by atoms with Crippen LogP contribution in [0.3, 0.4) is 0 Å². The second-order valence-electron chi connectivity index (χ2n) is 7.17. The van der Waals surface area contributed by atoms with Crippen LogP contribution in [0.5, 0.6) is 5.75 Å². The molecule has 0 saturated heterocycles. The van der Waals surface area contributed by atoms with E-state index in [0.717, 1.165) is 17.6 Å². The number of carbonyl (C=O) groups is 2. The summed E-state index contributed by atoms with van der Waals surface area (Å²) in [5.41, 5.74) is 6.83. The van der Waals surface area contributed by atoms with E-state index in [1.165, 1.54) is 18.2 Å². The van der Waals surface area contributed by atoms with Crippen molar-refractivity contribution in [1.82, 2.24) is 4.98 Å². The van der Waals surface area contributed by atoms with Crippen LogP contribution >= 0.6 is 11.3 Å². The average Bonchev–Trinajstić information content (AvgIpc) is 3.18. The molecule has 0 radical (unpaired) electrons. The lowest BCUT2D eigenvalue weighted by Crippen LogP contribution is -2.20. The quantitative estimate of drug-likeness (QED) is 0.415. The van der Waals surface area contributed by atoms with Gasteiger partial charge in [-0.05, 0) is 42.5 Å². The number of aromatic nitrogens is 1. The lowest BCUT2D eigenvalue weighted by atomic mass is 10.0. The van der Waals surface area contributed by atoms with Crippen molar-refractivity contribution in [2.24, 2.45) is 5.73 Å². The number of hydrogen-bond acceptors (Lipinski definition) is 7. The topological polar surface area (TPSA) is 128 Å². The summed E-state index contributed by atoms with van der Waals surface area (Å²) in [7, 11) is -3.36. The predicted molar refractivity (Wildman–Crippen MR) is 126 cm³/mol. The Balaban J connectivity index is 1.63. The fraction of sp³-hybridized carbons (Fsp3) is 0.0870. The van der Waals surface area contributed by atoms with Crippen LogP contribution in [0.1, 0.15) is 26.3 Å². The number of anilines is 1. The van der Waals surface area contributed by atoms with Gasteiger partial charge in [-0.1, -0.05) is 35.6 Å². The molecule has 4 aromatic rings. The van der Waals surface area contributed by atoms with Crippen molar-refractivity contribution in [3.05, 3.63) is 83.4 Å². The highest BCUT2D eigenvalue weighted by Crippen LogP contribution is 2.29. The number of para-hydroxylation sites is 1. The molecule has 8 nitrogen and oxygen atoms in total. The number of sulfone groups is 1. The maximum atomic E-state index is 13.1. The van der Waals surface area contributed by atoms with Crippen LogP contribution < -0.4 is 15.8 Å². The Morgan fingerprint density at radius 2 is 1.76 bits per heavy atom. The number of nitrogens with one attached hydrogen (secondary N) is 1. The Bertz CT molecular complexity index is 1460. The van der Waals surface area contributed by atoms with Crippen molar-refractivity contribution >= 4 is 48.3 Å². The molecule has 3 N–H and O–H groups in total. The number of nitrogens with zero attached hydrogens (tertiary/aromatic N) is 1. The second-order valence-corrected chi connectivity index (χ2v) is 10.2. The van der Waals surface area contributed by atoms with Crippen molar-refractivity contribution in [2.75, 3.05) is 11.6 Å². The minimum Gasteiger partial charge on any atom is -0.489 e. The molecular weight excluding hydrogens is 462 g/mol. The summed E-state index contributed by atoms with van der Waals surface area (Å²) in [6, 6.07) is 18.2. The Morgan fingerprint density at radius 1 is 1.03 bits per heavy atom. The van der Waals surface area contributed by atoms with Gasteiger partial charge in [0.05, 0.1) is 15.1 Å². The summed E-state index contributed by atoms with van der Waals surface area (Å²) < 4.78 is 30.0. The van der Waals surface area contributed by atoms with E-state index < -0.39 is 21.7 Å². The summed E-state index contributed by atoms with van der Waals surface area (Å²) in [5, 5.41) is 3.01. The summed E-state index contributed by atoms with van der Waals surface area (Å²) in [4.78, 5) is 29.6. The number of hydrogen-bond donors (Lipinski definition) is 2. The lowest BCUT2D eigenvalue weighted by Gasteiger charge is -2.14. The number of rotatable bonds is 7. The Kier molecular flexibility index (Phi) is 6.12. The molecule has 4 rings (SSSR count). The molecule has 0 atom stereocenters. The van der Waals surface area contributed by atoms with Crippen LogP contribution in [0.25, 0.3) is 10.2 Å². The number of fused-ring (bicyclic) bond motifs is 1. The molecule has 0 bridgehead atoms. The predicted octanol–water partition coefficient (Wildman–Crippen LogP) is 3.63. The zero-order chi connectivity index (χ0) is 23.6. The molecule has 10 heteroatoms. The molecule has 3 aromatic carbocycles. The number of thiazole rings is 1. The van der Waals surface area contributed by atoms with Crippen LogP contribution in [0.2, 0.25) is 0 Å². The average molecular weight is 482 g/mol. The largest absolute Gasteiger partial charge is 0.489 e. The van der Waals surface area contributed by atoms with Gasteiger partial charge >= 0.3 is 0 Å². The molecule has 168 valence electrons. The number of amides is 2. The van der Waals surface area contributed by atoms with Crippen molar-refractivity contribution in [1.29, 1.82) is 0 Å². The van der Waals surface area contributed by atoms with Crippen molar-refractivity contribution in [3.63, 3.8) is 0 Å². The highest BCUT2D eigenvalue weighted by molar-refractivity contribution is 7.90. The van der Waals surface area contributed by atoms with E-state index in [2.05, 4.69) is 10.3 Å². The first-order valence-electron chi connectivity index (χ1n) is 9.74. The van der Waals surface area contributed by atoms with Gasteiger partial charge in [-0.2, -0.15) is 0 Å². The minimum atomic E-state index is -3.36. The van der Waals surface area contributed by atoms with Gasteiger partial charge in [-0.3, -0.25) is 14.9 Å². The molecule has 0 fully saturated rings. The second kappa shape index (κ2) is 9.00. The van der Waals surface area contributed by atoms with Crippen LogP contribution in [0, 0.1) is 0 Å². The number of ether oxygens (including phenoxy) is 1. The van der Waals surface area contributed by atoms with Crippen molar-refractivity contribution in [3.8, 4) is 5.75 Å². The zero-order valence-corrected chi connectivity index (χ0v) is 19.1. The van der Waals surface area contributed by atoms with E-state index in [-0.39, 0.29) is 22.6 Å². The van der Waals surface area contributed by atoms with Crippen LogP contribution in [0.15, 0.2) is 71.6 Å². The molecule has 1 heterocycles. The monoisotopic (exact) mass is 481 g/mol. The molecule has 0 aliphatic rings. The van der Waals surface area contributed by atoms with Gasteiger partial charge in [-0.15, -0.1) is 0 Å². The highest BCUT2D eigenvalue weighted by atomic mass is 32.2. The van der Waals surface area contributed by atoms with Gasteiger partial charge in [-0.25, -0.2) is 13.4 Å². The smallest absolute Gasteiger partial charge is 0.257 e. The number of primary amides is 1. The molecule has 0 spiro atoms. The first-order valence-corrected chi connectivity index (χ1v) is 12.4. The van der Waals surface area contributed by atoms with E-state index in [9.17, 15) is 18.0 Å². The van der Waals surface area contributed by atoms with Gasteiger partial charge in [0.1, 0.15) is 12.4 Å². The summed E-state index contributed by atoms with van der Waals surface area (Å²) in [6.45, 7) is -0.0382. The van der Waals surface area contributed by atoms with E-state index in [1.54, 1.807) is 30.3 Å². The number of nitrogens with two attached hydrogens (primary N) is 1. The van der Waals surface area contributed by atoms with E-state index in [4.69, 9.17) is 10.5 Å². The summed E-state index contributed by atoms with van der Waals surface area (Å²) in [5.74, 6) is -0.590. The van der Waals surface area contributed by atoms with Crippen LogP contribution in [-0.2, 0) is 16.4 Å². The first kappa shape index (κ1) is 22.4. The van der Waals surface area contributed by atoms with Crippen LogP contribution in [-0.4, -0.2) is 31.5 Å². The molecule has 33 heavy (non-hydrogen) atoms. The van der Waals surface area contributed by atoms with Gasteiger partial charge in [0, 0.05) is 22.9 Å². The fourth-order valence-electron chi connectivity index (χ4n) is 3.21.